The summed E-state index contributed by atoms with van der Waals surface area (Å²) in [7, 11) is 0. The lowest BCUT2D eigenvalue weighted by Crippen LogP contribution is -2.58. The fraction of sp³-hybridized carbons (Fsp3) is 0.600. The molecule has 2 aromatic rings. The second-order valence-electron chi connectivity index (χ2n) is 7.67. The Morgan fingerprint density at radius 2 is 1.84 bits per heavy atom. The first kappa shape index (κ1) is 16.6. The van der Waals surface area contributed by atoms with Crippen molar-refractivity contribution in [3.63, 3.8) is 0 Å². The predicted molar refractivity (Wildman–Crippen MR) is 99.7 cm³/mol. The van der Waals surface area contributed by atoms with Gasteiger partial charge in [0, 0.05) is 23.7 Å². The number of benzene rings is 1. The summed E-state index contributed by atoms with van der Waals surface area (Å²) in [6.45, 7) is 1.93. The molecular weight excluding hydrogens is 312 g/mol. The largest absolute Gasteiger partial charge is 0.348 e. The Morgan fingerprint density at radius 1 is 1.08 bits per heavy atom. The lowest BCUT2D eigenvalue weighted by atomic mass is 9.85. The van der Waals surface area contributed by atoms with E-state index < -0.39 is 0 Å². The van der Waals surface area contributed by atoms with Crippen LogP contribution in [-0.4, -0.2) is 34.0 Å². The molecule has 5 heteroatoms. The van der Waals surface area contributed by atoms with Crippen LogP contribution < -0.4 is 10.6 Å². The van der Waals surface area contributed by atoms with Gasteiger partial charge in [0.05, 0.1) is 11.0 Å². The summed E-state index contributed by atoms with van der Waals surface area (Å²) in [5.74, 6) is 0.894. The molecule has 2 fully saturated rings. The molecule has 1 aromatic heterocycles. The van der Waals surface area contributed by atoms with Gasteiger partial charge in [-0.25, -0.2) is 4.98 Å². The minimum absolute atomic E-state index is 0.0199. The van der Waals surface area contributed by atoms with E-state index in [4.69, 9.17) is 0 Å². The number of hydrogen-bond donors (Lipinski definition) is 3. The standard InChI is InChI=1S/C20H28N4O/c1-13-21-18-9-8-14(12-19(18)22-13)20(25)24-17-11-10-16(17)23-15-6-4-2-3-5-7-15/h8-9,12,15-17,23H,2-7,10-11H2,1H3,(H,21,22)(H,24,25)/t16-,17+/m0/s1. The van der Waals surface area contributed by atoms with Crippen LogP contribution in [0.5, 0.6) is 0 Å². The number of nitrogens with one attached hydrogen (secondary N) is 3. The third-order valence-electron chi connectivity index (χ3n) is 5.76. The fourth-order valence-electron chi connectivity index (χ4n) is 4.15. The average molecular weight is 340 g/mol. The third kappa shape index (κ3) is 3.71. The monoisotopic (exact) mass is 340 g/mol. The van der Waals surface area contributed by atoms with Crippen LogP contribution >= 0.6 is 0 Å². The Kier molecular flexibility index (Phi) is 4.75. The molecule has 2 atom stereocenters. The highest BCUT2D eigenvalue weighted by Gasteiger charge is 2.33. The molecule has 0 unspecified atom stereocenters. The number of rotatable bonds is 4. The van der Waals surface area contributed by atoms with E-state index in [0.717, 1.165) is 23.3 Å². The van der Waals surface area contributed by atoms with Crippen molar-refractivity contribution in [2.24, 2.45) is 0 Å². The number of imidazole rings is 1. The molecule has 0 spiro atoms. The van der Waals surface area contributed by atoms with Crippen LogP contribution in [0.25, 0.3) is 11.0 Å². The van der Waals surface area contributed by atoms with Gasteiger partial charge in [-0.15, -0.1) is 0 Å². The van der Waals surface area contributed by atoms with Crippen molar-refractivity contribution >= 4 is 16.9 Å². The molecule has 2 saturated carbocycles. The van der Waals surface area contributed by atoms with Crippen LogP contribution in [0.2, 0.25) is 0 Å². The maximum absolute atomic E-state index is 12.6. The molecule has 2 aliphatic rings. The number of H-pyrrole nitrogens is 1. The maximum atomic E-state index is 12.6. The molecule has 1 heterocycles. The molecule has 1 aromatic carbocycles. The molecule has 3 N–H and O–H groups in total. The lowest BCUT2D eigenvalue weighted by molar-refractivity contribution is 0.0888. The molecule has 4 rings (SSSR count). The molecule has 5 nitrogen and oxygen atoms in total. The average Bonchev–Trinajstić information content (AvgIpc) is 2.79. The Balaban J connectivity index is 1.36. The van der Waals surface area contributed by atoms with Gasteiger partial charge < -0.3 is 15.6 Å². The number of aryl methyl sites for hydroxylation is 1. The lowest BCUT2D eigenvalue weighted by Gasteiger charge is -2.40. The van der Waals surface area contributed by atoms with Crippen molar-refractivity contribution in [1.82, 2.24) is 20.6 Å². The van der Waals surface area contributed by atoms with Gasteiger partial charge in [0.2, 0.25) is 0 Å². The van der Waals surface area contributed by atoms with E-state index in [2.05, 4.69) is 20.6 Å². The van der Waals surface area contributed by atoms with Crippen molar-refractivity contribution in [3.8, 4) is 0 Å². The number of amides is 1. The summed E-state index contributed by atoms with van der Waals surface area (Å²) in [6, 6.07) is 7.01. The van der Waals surface area contributed by atoms with Crippen molar-refractivity contribution < 1.29 is 4.79 Å². The van der Waals surface area contributed by atoms with Crippen LogP contribution in [0.3, 0.4) is 0 Å². The van der Waals surface area contributed by atoms with Gasteiger partial charge >= 0.3 is 0 Å². The van der Waals surface area contributed by atoms with E-state index in [1.165, 1.54) is 44.9 Å². The molecule has 0 radical (unpaired) electrons. The van der Waals surface area contributed by atoms with Gasteiger partial charge in [-0.1, -0.05) is 25.7 Å². The number of hydrogen-bond acceptors (Lipinski definition) is 3. The van der Waals surface area contributed by atoms with Crippen molar-refractivity contribution in [2.75, 3.05) is 0 Å². The molecule has 25 heavy (non-hydrogen) atoms. The normalized spacial score (nSPS) is 24.7. The van der Waals surface area contributed by atoms with Crippen molar-refractivity contribution in [1.29, 1.82) is 0 Å². The van der Waals surface area contributed by atoms with E-state index in [-0.39, 0.29) is 11.9 Å². The highest BCUT2D eigenvalue weighted by atomic mass is 16.1. The zero-order chi connectivity index (χ0) is 17.2. The fourth-order valence-corrected chi connectivity index (χ4v) is 4.15. The van der Waals surface area contributed by atoms with E-state index >= 15 is 0 Å². The van der Waals surface area contributed by atoms with Crippen LogP contribution in [0.15, 0.2) is 18.2 Å². The zero-order valence-electron chi connectivity index (χ0n) is 15.0. The summed E-state index contributed by atoms with van der Waals surface area (Å²) >= 11 is 0. The minimum Gasteiger partial charge on any atom is -0.348 e. The number of nitrogens with zero attached hydrogens (tertiary/aromatic N) is 1. The molecular formula is C20H28N4O. The van der Waals surface area contributed by atoms with Gasteiger partial charge in [-0.2, -0.15) is 0 Å². The van der Waals surface area contributed by atoms with E-state index in [1.54, 1.807) is 0 Å². The molecule has 0 aliphatic heterocycles. The number of carbonyl (C=O) groups is 1. The number of carbonyl (C=O) groups excluding carboxylic acids is 1. The molecule has 2 aliphatic carbocycles. The SMILES string of the molecule is Cc1nc2ccc(C(=O)N[C@@H]3CC[C@@H]3NC3CCCCCC3)cc2[nH]1. The highest BCUT2D eigenvalue weighted by Crippen LogP contribution is 2.25. The first-order valence-electron chi connectivity index (χ1n) is 9.72. The molecule has 0 bridgehead atoms. The first-order valence-corrected chi connectivity index (χ1v) is 9.72. The third-order valence-corrected chi connectivity index (χ3v) is 5.76. The van der Waals surface area contributed by atoms with E-state index in [0.29, 0.717) is 17.6 Å². The summed E-state index contributed by atoms with van der Waals surface area (Å²) in [4.78, 5) is 20.2. The highest BCUT2D eigenvalue weighted by molar-refractivity contribution is 5.97. The van der Waals surface area contributed by atoms with Crippen molar-refractivity contribution in [3.05, 3.63) is 29.6 Å². The molecule has 0 saturated heterocycles. The van der Waals surface area contributed by atoms with Crippen LogP contribution in [0, 0.1) is 6.92 Å². The summed E-state index contributed by atoms with van der Waals surface area (Å²) in [6.07, 6.45) is 10.2. The molecule has 134 valence electrons. The Bertz CT molecular complexity index is 745. The van der Waals surface area contributed by atoms with Gasteiger partial charge in [-0.3, -0.25) is 4.79 Å². The quantitative estimate of drug-likeness (QED) is 0.747. The second kappa shape index (κ2) is 7.16. The van der Waals surface area contributed by atoms with E-state index in [9.17, 15) is 4.79 Å². The zero-order valence-corrected chi connectivity index (χ0v) is 15.0. The Morgan fingerprint density at radius 3 is 2.56 bits per heavy atom. The van der Waals surface area contributed by atoms with Crippen LogP contribution in [-0.2, 0) is 0 Å². The summed E-state index contributed by atoms with van der Waals surface area (Å²) in [5.41, 5.74) is 2.54. The second-order valence-corrected chi connectivity index (χ2v) is 7.67. The minimum atomic E-state index is 0.0199. The van der Waals surface area contributed by atoms with Crippen LogP contribution in [0.1, 0.15) is 67.5 Å². The predicted octanol–water partition coefficient (Wildman–Crippen LogP) is 3.44. The first-order chi connectivity index (χ1) is 12.2. The Hall–Kier alpha value is -1.88. The Labute approximate surface area is 149 Å². The number of fused-ring (bicyclic) bond motifs is 1. The van der Waals surface area contributed by atoms with Gasteiger partial charge in [-0.05, 0) is 50.8 Å². The van der Waals surface area contributed by atoms with Gasteiger partial charge in [0.1, 0.15) is 5.82 Å². The van der Waals surface area contributed by atoms with E-state index in [1.807, 2.05) is 25.1 Å². The number of aromatic nitrogens is 2. The van der Waals surface area contributed by atoms with Crippen LogP contribution in [0.4, 0.5) is 0 Å². The summed E-state index contributed by atoms with van der Waals surface area (Å²) < 4.78 is 0. The maximum Gasteiger partial charge on any atom is 0.251 e. The topological polar surface area (TPSA) is 69.8 Å². The summed E-state index contributed by atoms with van der Waals surface area (Å²) in [5, 5.41) is 7.03. The van der Waals surface area contributed by atoms with Gasteiger partial charge in [0.25, 0.3) is 5.91 Å². The molecule has 1 amide bonds. The number of aromatic amines is 1. The van der Waals surface area contributed by atoms with Gasteiger partial charge in [0.15, 0.2) is 0 Å². The van der Waals surface area contributed by atoms with Crippen molar-refractivity contribution in [2.45, 2.75) is 76.4 Å². The smallest absolute Gasteiger partial charge is 0.251 e.